The summed E-state index contributed by atoms with van der Waals surface area (Å²) in [5.74, 6) is 0. The number of hydrogen-bond donors (Lipinski definition) is 4. The van der Waals surface area contributed by atoms with Gasteiger partial charge in [-0.05, 0) is 37.1 Å². The van der Waals surface area contributed by atoms with Crippen LogP contribution in [0.25, 0.3) is 0 Å². The summed E-state index contributed by atoms with van der Waals surface area (Å²) in [5, 5.41) is 6.72. The Balaban J connectivity index is 1.91. The molecular formula is C16H22N4. The maximum absolute atomic E-state index is 5.96. The summed E-state index contributed by atoms with van der Waals surface area (Å²) in [6, 6.07) is 11.8. The number of para-hydroxylation sites is 2. The quantitative estimate of drug-likeness (QED) is 0.497. The molecule has 6 N–H and O–H groups in total. The molecule has 0 unspecified atom stereocenters. The average molecular weight is 270 g/mol. The molecule has 0 aliphatic carbocycles. The van der Waals surface area contributed by atoms with E-state index in [-0.39, 0.29) is 0 Å². The van der Waals surface area contributed by atoms with E-state index >= 15 is 0 Å². The lowest BCUT2D eigenvalue weighted by Crippen LogP contribution is -2.16. The van der Waals surface area contributed by atoms with Gasteiger partial charge in [-0.2, -0.15) is 0 Å². The molecule has 0 bridgehead atoms. The van der Waals surface area contributed by atoms with Crippen LogP contribution >= 0.6 is 0 Å². The Morgan fingerprint density at radius 3 is 1.50 bits per heavy atom. The number of hydrogen-bond acceptors (Lipinski definition) is 4. The molecule has 0 atom stereocenters. The monoisotopic (exact) mass is 270 g/mol. The summed E-state index contributed by atoms with van der Waals surface area (Å²) in [4.78, 5) is 0. The topological polar surface area (TPSA) is 76.1 Å². The summed E-state index contributed by atoms with van der Waals surface area (Å²) in [7, 11) is 0. The first-order valence-electron chi connectivity index (χ1n) is 6.77. The zero-order valence-corrected chi connectivity index (χ0v) is 12.0. The van der Waals surface area contributed by atoms with E-state index in [1.807, 2.05) is 50.2 Å². The molecule has 2 aromatic carbocycles. The minimum absolute atomic E-state index is 0.778. The van der Waals surface area contributed by atoms with Crippen molar-refractivity contribution in [3.63, 3.8) is 0 Å². The molecule has 0 saturated carbocycles. The highest BCUT2D eigenvalue weighted by molar-refractivity contribution is 5.71. The lowest BCUT2D eigenvalue weighted by molar-refractivity contribution is 1.07. The first-order valence-corrected chi connectivity index (χ1v) is 6.77. The van der Waals surface area contributed by atoms with Crippen molar-refractivity contribution in [1.29, 1.82) is 0 Å². The molecule has 0 aliphatic rings. The molecule has 0 aliphatic heterocycles. The van der Waals surface area contributed by atoms with Gasteiger partial charge in [0, 0.05) is 13.1 Å². The van der Waals surface area contributed by atoms with Crippen LogP contribution in [0.3, 0.4) is 0 Å². The van der Waals surface area contributed by atoms with Crippen LogP contribution in [0.4, 0.5) is 22.7 Å². The highest BCUT2D eigenvalue weighted by atomic mass is 15.0. The predicted octanol–water partition coefficient (Wildman–Crippen LogP) is 2.99. The van der Waals surface area contributed by atoms with Crippen LogP contribution < -0.4 is 22.1 Å². The summed E-state index contributed by atoms with van der Waals surface area (Å²) < 4.78 is 0. The van der Waals surface area contributed by atoms with E-state index in [1.165, 1.54) is 0 Å². The molecule has 2 rings (SSSR count). The van der Waals surface area contributed by atoms with Gasteiger partial charge >= 0.3 is 0 Å². The fraction of sp³-hybridized carbons (Fsp3) is 0.250. The summed E-state index contributed by atoms with van der Waals surface area (Å²) in [6.07, 6.45) is 0. The molecule has 0 amide bonds. The minimum Gasteiger partial charge on any atom is -0.397 e. The van der Waals surface area contributed by atoms with Crippen LogP contribution in [0.5, 0.6) is 0 Å². The fourth-order valence-electron chi connectivity index (χ4n) is 2.24. The smallest absolute Gasteiger partial charge is 0.0604 e. The first kappa shape index (κ1) is 14.1. The summed E-state index contributed by atoms with van der Waals surface area (Å²) in [6.45, 7) is 5.66. The molecule has 0 fully saturated rings. The van der Waals surface area contributed by atoms with E-state index in [1.54, 1.807) is 0 Å². The maximum atomic E-state index is 5.96. The van der Waals surface area contributed by atoms with Crippen molar-refractivity contribution < 1.29 is 0 Å². The number of benzene rings is 2. The standard InChI is InChI=1S/C16H22N4/c1-11-5-3-7-13(17)15(11)19-9-10-20-16-12(2)6-4-8-14(16)18/h3-8,19-20H,9-10,17-18H2,1-2H3. The molecule has 0 heterocycles. The Labute approximate surface area is 120 Å². The van der Waals surface area contributed by atoms with Crippen molar-refractivity contribution in [3.8, 4) is 0 Å². The average Bonchev–Trinajstić information content (AvgIpc) is 2.40. The Kier molecular flexibility index (Phi) is 4.35. The normalized spacial score (nSPS) is 10.3. The maximum Gasteiger partial charge on any atom is 0.0604 e. The highest BCUT2D eigenvalue weighted by Crippen LogP contribution is 2.23. The molecule has 0 radical (unpaired) electrons. The Bertz CT molecular complexity index is 499. The van der Waals surface area contributed by atoms with E-state index in [9.17, 15) is 0 Å². The van der Waals surface area contributed by atoms with Gasteiger partial charge in [-0.3, -0.25) is 0 Å². The van der Waals surface area contributed by atoms with Crippen LogP contribution in [0, 0.1) is 13.8 Å². The van der Waals surface area contributed by atoms with Crippen molar-refractivity contribution in [2.24, 2.45) is 0 Å². The van der Waals surface area contributed by atoms with Gasteiger partial charge in [0.1, 0.15) is 0 Å². The number of rotatable bonds is 5. The Morgan fingerprint density at radius 1 is 0.750 bits per heavy atom. The largest absolute Gasteiger partial charge is 0.397 e. The van der Waals surface area contributed by atoms with Crippen molar-refractivity contribution in [3.05, 3.63) is 47.5 Å². The zero-order valence-electron chi connectivity index (χ0n) is 12.0. The van der Waals surface area contributed by atoms with E-state index in [4.69, 9.17) is 11.5 Å². The second-order valence-electron chi connectivity index (χ2n) is 4.93. The molecular weight excluding hydrogens is 248 g/mol. The van der Waals surface area contributed by atoms with Crippen molar-refractivity contribution in [2.45, 2.75) is 13.8 Å². The van der Waals surface area contributed by atoms with Gasteiger partial charge in [-0.25, -0.2) is 0 Å². The van der Waals surface area contributed by atoms with Crippen LogP contribution in [-0.4, -0.2) is 13.1 Å². The van der Waals surface area contributed by atoms with E-state index in [0.717, 1.165) is 47.0 Å². The van der Waals surface area contributed by atoms with E-state index in [2.05, 4.69) is 10.6 Å². The molecule has 0 aromatic heterocycles. The van der Waals surface area contributed by atoms with Crippen LogP contribution in [0.2, 0.25) is 0 Å². The van der Waals surface area contributed by atoms with E-state index < -0.39 is 0 Å². The van der Waals surface area contributed by atoms with E-state index in [0.29, 0.717) is 0 Å². The number of nitrogen functional groups attached to an aromatic ring is 2. The van der Waals surface area contributed by atoms with Crippen molar-refractivity contribution in [2.75, 3.05) is 35.2 Å². The molecule has 106 valence electrons. The molecule has 0 spiro atoms. The van der Waals surface area contributed by atoms with Gasteiger partial charge in [0.25, 0.3) is 0 Å². The first-order chi connectivity index (χ1) is 9.59. The second-order valence-corrected chi connectivity index (χ2v) is 4.93. The van der Waals surface area contributed by atoms with Gasteiger partial charge in [0.2, 0.25) is 0 Å². The zero-order chi connectivity index (χ0) is 14.5. The lowest BCUT2D eigenvalue weighted by atomic mass is 10.1. The highest BCUT2D eigenvalue weighted by Gasteiger charge is 2.03. The predicted molar refractivity (Wildman–Crippen MR) is 88.2 cm³/mol. The molecule has 20 heavy (non-hydrogen) atoms. The fourth-order valence-corrected chi connectivity index (χ4v) is 2.24. The van der Waals surface area contributed by atoms with Crippen LogP contribution in [0.15, 0.2) is 36.4 Å². The number of nitrogens with two attached hydrogens (primary N) is 2. The number of nitrogens with one attached hydrogen (secondary N) is 2. The lowest BCUT2D eigenvalue weighted by Gasteiger charge is -2.15. The number of aryl methyl sites for hydroxylation is 2. The molecule has 2 aromatic rings. The number of anilines is 4. The van der Waals surface area contributed by atoms with Crippen LogP contribution in [0.1, 0.15) is 11.1 Å². The molecule has 4 heteroatoms. The SMILES string of the molecule is Cc1cccc(N)c1NCCNc1c(C)cccc1N. The Hall–Kier alpha value is -2.36. The van der Waals surface area contributed by atoms with Gasteiger partial charge in [-0.15, -0.1) is 0 Å². The van der Waals surface area contributed by atoms with Gasteiger partial charge < -0.3 is 22.1 Å². The Morgan fingerprint density at radius 2 is 1.15 bits per heavy atom. The third-order valence-corrected chi connectivity index (χ3v) is 3.34. The van der Waals surface area contributed by atoms with Gasteiger partial charge in [-0.1, -0.05) is 24.3 Å². The second kappa shape index (κ2) is 6.19. The van der Waals surface area contributed by atoms with Gasteiger partial charge in [0.15, 0.2) is 0 Å². The summed E-state index contributed by atoms with van der Waals surface area (Å²) in [5.41, 5.74) is 17.8. The third-order valence-electron chi connectivity index (χ3n) is 3.34. The van der Waals surface area contributed by atoms with Crippen molar-refractivity contribution >= 4 is 22.7 Å². The summed E-state index contributed by atoms with van der Waals surface area (Å²) >= 11 is 0. The molecule has 0 saturated heterocycles. The molecule has 4 nitrogen and oxygen atoms in total. The van der Waals surface area contributed by atoms with Crippen LogP contribution in [-0.2, 0) is 0 Å². The minimum atomic E-state index is 0.778. The van der Waals surface area contributed by atoms with Crippen molar-refractivity contribution in [1.82, 2.24) is 0 Å². The van der Waals surface area contributed by atoms with Gasteiger partial charge in [0.05, 0.1) is 22.7 Å². The third kappa shape index (κ3) is 3.15.